The van der Waals surface area contributed by atoms with Crippen LogP contribution in [-0.4, -0.2) is 80.3 Å². The summed E-state index contributed by atoms with van der Waals surface area (Å²) in [6, 6.07) is 25.0. The molecule has 3 aromatic rings. The van der Waals surface area contributed by atoms with E-state index in [1.807, 2.05) is 78.9 Å². The molecule has 0 aliphatic carbocycles. The van der Waals surface area contributed by atoms with Gasteiger partial charge in [-0.15, -0.1) is 0 Å². The van der Waals surface area contributed by atoms with Crippen LogP contribution in [0.4, 0.5) is 16.2 Å². The summed E-state index contributed by atoms with van der Waals surface area (Å²) in [5, 5.41) is 5.81. The normalized spacial score (nSPS) is 15.8. The first-order valence-corrected chi connectivity index (χ1v) is 15.7. The standard InChI is InChI=1S/C35H42N4O6/c1-38(20-7-12-32(40)36-28-15-13-27(14-16-28)34-43-24-25-44-34)33(41)19-23-39-21-17-29(18-22-39)45-35(42)37-31-11-6-5-10-30(31)26-8-3-2-4-9-26/h2-6,8-11,13-16,29,34H,7,12,17-25H2,1H3,(H,36,40)(H,37,42). The maximum atomic E-state index is 12.7. The van der Waals surface area contributed by atoms with Crippen LogP contribution in [0.15, 0.2) is 78.9 Å². The van der Waals surface area contributed by atoms with Gasteiger partial charge in [0.2, 0.25) is 11.8 Å². The van der Waals surface area contributed by atoms with Crippen LogP contribution < -0.4 is 10.6 Å². The summed E-state index contributed by atoms with van der Waals surface area (Å²) in [7, 11) is 1.78. The van der Waals surface area contributed by atoms with Crippen LogP contribution in [-0.2, 0) is 23.8 Å². The zero-order chi connectivity index (χ0) is 31.4. The molecule has 0 saturated carbocycles. The monoisotopic (exact) mass is 614 g/mol. The lowest BCUT2D eigenvalue weighted by Gasteiger charge is -2.31. The molecule has 3 aromatic carbocycles. The number of likely N-dealkylation sites (tertiary alicyclic amines) is 1. The molecule has 0 bridgehead atoms. The fourth-order valence-electron chi connectivity index (χ4n) is 5.55. The van der Waals surface area contributed by atoms with Gasteiger partial charge >= 0.3 is 6.09 Å². The van der Waals surface area contributed by atoms with Crippen molar-refractivity contribution in [2.24, 2.45) is 0 Å². The third kappa shape index (κ3) is 9.62. The SMILES string of the molecule is CN(CCCC(=O)Nc1ccc(C2OCCO2)cc1)C(=O)CCN1CCC(OC(=O)Nc2ccccc2-c2ccccc2)CC1. The largest absolute Gasteiger partial charge is 0.446 e. The smallest absolute Gasteiger partial charge is 0.411 e. The molecule has 0 aromatic heterocycles. The van der Waals surface area contributed by atoms with Crippen LogP contribution >= 0.6 is 0 Å². The lowest BCUT2D eigenvalue weighted by atomic mass is 10.0. The predicted molar refractivity (Wildman–Crippen MR) is 173 cm³/mol. The van der Waals surface area contributed by atoms with E-state index in [9.17, 15) is 14.4 Å². The molecule has 2 heterocycles. The molecule has 2 N–H and O–H groups in total. The molecule has 238 valence electrons. The lowest BCUT2D eigenvalue weighted by molar-refractivity contribution is -0.130. The van der Waals surface area contributed by atoms with Gasteiger partial charge in [0.1, 0.15) is 6.10 Å². The number of anilines is 2. The summed E-state index contributed by atoms with van der Waals surface area (Å²) < 4.78 is 16.7. The van der Waals surface area contributed by atoms with Crippen LogP contribution in [0.5, 0.6) is 0 Å². The highest BCUT2D eigenvalue weighted by Crippen LogP contribution is 2.28. The fourth-order valence-corrected chi connectivity index (χ4v) is 5.55. The van der Waals surface area contributed by atoms with Gasteiger partial charge in [-0.2, -0.15) is 0 Å². The van der Waals surface area contributed by atoms with E-state index >= 15 is 0 Å². The van der Waals surface area contributed by atoms with E-state index in [4.69, 9.17) is 14.2 Å². The highest BCUT2D eigenvalue weighted by molar-refractivity contribution is 5.92. The van der Waals surface area contributed by atoms with Crippen molar-refractivity contribution < 1.29 is 28.6 Å². The molecule has 0 radical (unpaired) electrons. The van der Waals surface area contributed by atoms with Gasteiger partial charge < -0.3 is 29.3 Å². The average molecular weight is 615 g/mol. The summed E-state index contributed by atoms with van der Waals surface area (Å²) >= 11 is 0. The second-order valence-electron chi connectivity index (χ2n) is 11.4. The van der Waals surface area contributed by atoms with Crippen LogP contribution in [0.3, 0.4) is 0 Å². The first kappa shape index (κ1) is 32.2. The van der Waals surface area contributed by atoms with Crippen molar-refractivity contribution in [3.63, 3.8) is 0 Å². The topological polar surface area (TPSA) is 109 Å². The van der Waals surface area contributed by atoms with Gasteiger partial charge in [-0.1, -0.05) is 60.7 Å². The van der Waals surface area contributed by atoms with Gasteiger partial charge in [-0.05, 0) is 43.0 Å². The van der Waals surface area contributed by atoms with Crippen LogP contribution in [0.25, 0.3) is 11.1 Å². The minimum atomic E-state index is -0.454. The number of amides is 3. The van der Waals surface area contributed by atoms with Gasteiger partial charge in [0.05, 0.1) is 18.9 Å². The summed E-state index contributed by atoms with van der Waals surface area (Å²) in [6.45, 7) is 3.86. The molecule has 2 aliphatic rings. The van der Waals surface area contributed by atoms with E-state index in [0.29, 0.717) is 51.3 Å². The van der Waals surface area contributed by atoms with Crippen molar-refractivity contribution in [1.29, 1.82) is 0 Å². The molecule has 2 saturated heterocycles. The van der Waals surface area contributed by atoms with Crippen molar-refractivity contribution in [3.05, 3.63) is 84.4 Å². The van der Waals surface area contributed by atoms with E-state index in [0.717, 1.165) is 48.3 Å². The molecule has 0 spiro atoms. The zero-order valence-electron chi connectivity index (χ0n) is 25.8. The Balaban J connectivity index is 0.947. The van der Waals surface area contributed by atoms with E-state index in [2.05, 4.69) is 15.5 Å². The molecule has 0 unspecified atom stereocenters. The van der Waals surface area contributed by atoms with Gasteiger partial charge in [0.25, 0.3) is 0 Å². The molecule has 45 heavy (non-hydrogen) atoms. The number of carbonyl (C=O) groups excluding carboxylic acids is 3. The quantitative estimate of drug-likeness (QED) is 0.270. The number of nitrogens with zero attached hydrogens (tertiary/aromatic N) is 2. The van der Waals surface area contributed by atoms with Gasteiger partial charge in [0.15, 0.2) is 6.29 Å². The molecule has 3 amide bonds. The maximum Gasteiger partial charge on any atom is 0.411 e. The molecule has 10 heteroatoms. The summed E-state index contributed by atoms with van der Waals surface area (Å²) in [4.78, 5) is 41.7. The minimum absolute atomic E-state index is 0.0529. The van der Waals surface area contributed by atoms with E-state index in [1.54, 1.807) is 11.9 Å². The molecule has 2 aliphatic heterocycles. The number of piperidine rings is 1. The first-order chi connectivity index (χ1) is 21.9. The molecular formula is C35H42N4O6. The molecule has 5 rings (SSSR count). The minimum Gasteiger partial charge on any atom is -0.446 e. The number of benzene rings is 3. The van der Waals surface area contributed by atoms with E-state index in [1.165, 1.54) is 0 Å². The van der Waals surface area contributed by atoms with E-state index in [-0.39, 0.29) is 24.2 Å². The summed E-state index contributed by atoms with van der Waals surface area (Å²) in [6.07, 6.45) is 1.80. The Labute approximate surface area is 264 Å². The Kier molecular flexibility index (Phi) is 11.6. The third-order valence-corrected chi connectivity index (χ3v) is 8.11. The van der Waals surface area contributed by atoms with Crippen molar-refractivity contribution in [1.82, 2.24) is 9.80 Å². The predicted octanol–water partition coefficient (Wildman–Crippen LogP) is 5.68. The number of hydrogen-bond donors (Lipinski definition) is 2. The van der Waals surface area contributed by atoms with Crippen molar-refractivity contribution in [2.45, 2.75) is 44.5 Å². The Hall–Kier alpha value is -4.25. The number of carbonyl (C=O) groups is 3. The highest BCUT2D eigenvalue weighted by Gasteiger charge is 2.24. The number of hydrogen-bond acceptors (Lipinski definition) is 7. The van der Waals surface area contributed by atoms with Crippen LogP contribution in [0.2, 0.25) is 0 Å². The van der Waals surface area contributed by atoms with Crippen molar-refractivity contribution >= 4 is 29.3 Å². The number of rotatable bonds is 12. The number of ether oxygens (including phenoxy) is 3. The summed E-state index contributed by atoms with van der Waals surface area (Å²) in [5.41, 5.74) is 4.32. The Morgan fingerprint density at radius 3 is 2.29 bits per heavy atom. The highest BCUT2D eigenvalue weighted by atomic mass is 16.7. The Morgan fingerprint density at radius 2 is 1.56 bits per heavy atom. The average Bonchev–Trinajstić information content (AvgIpc) is 3.60. The maximum absolute atomic E-state index is 12.7. The second-order valence-corrected chi connectivity index (χ2v) is 11.4. The molecule has 2 fully saturated rings. The number of para-hydroxylation sites is 1. The van der Waals surface area contributed by atoms with Crippen LogP contribution in [0, 0.1) is 0 Å². The third-order valence-electron chi connectivity index (χ3n) is 8.11. The Morgan fingerprint density at radius 1 is 0.867 bits per heavy atom. The molecule has 0 atom stereocenters. The zero-order valence-corrected chi connectivity index (χ0v) is 25.8. The first-order valence-electron chi connectivity index (χ1n) is 15.7. The second kappa shape index (κ2) is 16.2. The van der Waals surface area contributed by atoms with E-state index < -0.39 is 6.09 Å². The van der Waals surface area contributed by atoms with Gasteiger partial charge in [0, 0.05) is 62.9 Å². The molecular weight excluding hydrogens is 572 g/mol. The van der Waals surface area contributed by atoms with Crippen molar-refractivity contribution in [3.8, 4) is 11.1 Å². The van der Waals surface area contributed by atoms with Gasteiger partial charge in [-0.25, -0.2) is 4.79 Å². The van der Waals surface area contributed by atoms with Crippen LogP contribution in [0.1, 0.15) is 44.0 Å². The molecule has 10 nitrogen and oxygen atoms in total. The van der Waals surface area contributed by atoms with Crippen molar-refractivity contribution in [2.75, 3.05) is 57.1 Å². The summed E-state index contributed by atoms with van der Waals surface area (Å²) in [5.74, 6) is -0.0340. The number of nitrogens with one attached hydrogen (secondary N) is 2. The fraction of sp³-hybridized carbons (Fsp3) is 0.400. The van der Waals surface area contributed by atoms with Gasteiger partial charge in [-0.3, -0.25) is 14.9 Å². The Bertz CT molecular complexity index is 1400. The lowest BCUT2D eigenvalue weighted by Crippen LogP contribution is -2.40.